The second kappa shape index (κ2) is 11.4. The van der Waals surface area contributed by atoms with E-state index in [1.807, 2.05) is 37.4 Å². The lowest BCUT2D eigenvalue weighted by Gasteiger charge is -2.38. The number of nitrogens with zero attached hydrogens (tertiary/aromatic N) is 2. The van der Waals surface area contributed by atoms with Crippen molar-refractivity contribution in [2.75, 3.05) is 39.8 Å². The molecule has 0 aliphatic carbocycles. The molecule has 0 saturated carbocycles. The average Bonchev–Trinajstić information content (AvgIpc) is 2.77. The Morgan fingerprint density at radius 2 is 1.61 bits per heavy atom. The molecule has 1 fully saturated rings. The molecule has 2 rings (SSSR count). The summed E-state index contributed by atoms with van der Waals surface area (Å²) in [5, 5.41) is 32.5. The van der Waals surface area contributed by atoms with Crippen LogP contribution in [0.2, 0.25) is 0 Å². The lowest BCUT2D eigenvalue weighted by molar-refractivity contribution is -0.193. The quantitative estimate of drug-likeness (QED) is 0.448. The van der Waals surface area contributed by atoms with Gasteiger partial charge >= 0.3 is 5.97 Å². The van der Waals surface area contributed by atoms with Gasteiger partial charge in [-0.2, -0.15) is 0 Å². The standard InChI is InChI=1S/C24H38N2O7/c1-23(2,3)22(30)33-16-24(4,31)20(28)18(27)19(32-15-17-9-7-6-8-10-17)21(29)26-13-11-25(5)12-14-26/h6-10,18-20,27-28,31H,11-16H2,1-5H3/t18-,19-,20+,24?/m1/s1. The molecule has 1 aromatic carbocycles. The van der Waals surface area contributed by atoms with Crippen LogP contribution >= 0.6 is 0 Å². The molecule has 33 heavy (non-hydrogen) atoms. The molecule has 1 saturated heterocycles. The third-order valence-electron chi connectivity index (χ3n) is 5.71. The molecule has 4 atom stereocenters. The average molecular weight is 467 g/mol. The Balaban J connectivity index is 2.15. The molecule has 1 aliphatic rings. The topological polar surface area (TPSA) is 120 Å². The molecule has 0 radical (unpaired) electrons. The molecule has 1 aliphatic heterocycles. The smallest absolute Gasteiger partial charge is 0.311 e. The maximum absolute atomic E-state index is 13.2. The van der Waals surface area contributed by atoms with E-state index in [4.69, 9.17) is 9.47 Å². The van der Waals surface area contributed by atoms with Crippen LogP contribution in [0.3, 0.4) is 0 Å². The maximum Gasteiger partial charge on any atom is 0.311 e. The van der Waals surface area contributed by atoms with Crippen LogP contribution < -0.4 is 0 Å². The van der Waals surface area contributed by atoms with E-state index in [1.165, 1.54) is 6.92 Å². The number of ether oxygens (including phenoxy) is 2. The Labute approximate surface area is 195 Å². The van der Waals surface area contributed by atoms with Crippen LogP contribution in [0.5, 0.6) is 0 Å². The van der Waals surface area contributed by atoms with E-state index in [0.29, 0.717) is 26.2 Å². The zero-order chi connectivity index (χ0) is 24.8. The van der Waals surface area contributed by atoms with Gasteiger partial charge in [-0.25, -0.2) is 0 Å². The fraction of sp³-hybridized carbons (Fsp3) is 0.667. The fourth-order valence-corrected chi connectivity index (χ4v) is 3.33. The molecular formula is C24H38N2O7. The number of benzene rings is 1. The first-order chi connectivity index (χ1) is 15.3. The van der Waals surface area contributed by atoms with Gasteiger partial charge in [-0.1, -0.05) is 30.3 Å². The van der Waals surface area contributed by atoms with E-state index in [-0.39, 0.29) is 6.61 Å². The summed E-state index contributed by atoms with van der Waals surface area (Å²) >= 11 is 0. The van der Waals surface area contributed by atoms with Crippen molar-refractivity contribution in [2.24, 2.45) is 5.41 Å². The molecule has 1 heterocycles. The minimum Gasteiger partial charge on any atom is -0.462 e. The van der Waals surface area contributed by atoms with Gasteiger partial charge in [-0.3, -0.25) is 9.59 Å². The molecule has 0 aromatic heterocycles. The summed E-state index contributed by atoms with van der Waals surface area (Å²) in [4.78, 5) is 29.0. The molecule has 1 unspecified atom stereocenters. The van der Waals surface area contributed by atoms with Gasteiger partial charge in [0.05, 0.1) is 12.0 Å². The van der Waals surface area contributed by atoms with E-state index < -0.39 is 47.8 Å². The molecule has 0 spiro atoms. The van der Waals surface area contributed by atoms with Gasteiger partial charge in [0, 0.05) is 26.2 Å². The summed E-state index contributed by atoms with van der Waals surface area (Å²) in [6.07, 6.45) is -4.96. The van der Waals surface area contributed by atoms with Crippen LogP contribution in [-0.4, -0.2) is 101 Å². The Morgan fingerprint density at radius 3 is 2.15 bits per heavy atom. The van der Waals surface area contributed by atoms with Crippen molar-refractivity contribution < 1.29 is 34.4 Å². The van der Waals surface area contributed by atoms with E-state index >= 15 is 0 Å². The number of rotatable bonds is 9. The van der Waals surface area contributed by atoms with Crippen LogP contribution in [0.4, 0.5) is 0 Å². The summed E-state index contributed by atoms with van der Waals surface area (Å²) in [6.45, 7) is 8.00. The van der Waals surface area contributed by atoms with Crippen molar-refractivity contribution in [3.05, 3.63) is 35.9 Å². The zero-order valence-electron chi connectivity index (χ0n) is 20.2. The van der Waals surface area contributed by atoms with Crippen molar-refractivity contribution in [3.8, 4) is 0 Å². The molecule has 9 heteroatoms. The first-order valence-electron chi connectivity index (χ1n) is 11.2. The second-order valence-corrected chi connectivity index (χ2v) is 9.96. The number of piperazine rings is 1. The van der Waals surface area contributed by atoms with E-state index in [0.717, 1.165) is 5.56 Å². The van der Waals surface area contributed by atoms with Crippen molar-refractivity contribution in [1.82, 2.24) is 9.80 Å². The Bertz CT molecular complexity index is 771. The lowest BCUT2D eigenvalue weighted by Crippen LogP contribution is -2.59. The van der Waals surface area contributed by atoms with Crippen molar-refractivity contribution in [3.63, 3.8) is 0 Å². The largest absolute Gasteiger partial charge is 0.462 e. The Hall–Kier alpha value is -2.04. The minimum atomic E-state index is -2.00. The summed E-state index contributed by atoms with van der Waals surface area (Å²) < 4.78 is 10.9. The van der Waals surface area contributed by atoms with Gasteiger partial charge in [-0.15, -0.1) is 0 Å². The van der Waals surface area contributed by atoms with Crippen LogP contribution in [0.25, 0.3) is 0 Å². The molecule has 3 N–H and O–H groups in total. The first kappa shape index (κ1) is 27.2. The number of carbonyl (C=O) groups excluding carboxylic acids is 2. The van der Waals surface area contributed by atoms with Crippen molar-refractivity contribution in [2.45, 2.75) is 58.2 Å². The minimum absolute atomic E-state index is 0.0376. The van der Waals surface area contributed by atoms with E-state index in [9.17, 15) is 24.9 Å². The number of aliphatic hydroxyl groups is 3. The number of likely N-dealkylation sites (N-methyl/N-ethyl adjacent to an activating group) is 1. The Kier molecular flexibility index (Phi) is 9.39. The summed E-state index contributed by atoms with van der Waals surface area (Å²) in [7, 11) is 1.96. The van der Waals surface area contributed by atoms with Gasteiger partial charge in [0.15, 0.2) is 6.10 Å². The van der Waals surface area contributed by atoms with Crippen LogP contribution in [0.1, 0.15) is 33.3 Å². The number of carbonyl (C=O) groups is 2. The Morgan fingerprint density at radius 1 is 1.03 bits per heavy atom. The molecule has 9 nitrogen and oxygen atoms in total. The van der Waals surface area contributed by atoms with Crippen molar-refractivity contribution in [1.29, 1.82) is 0 Å². The highest BCUT2D eigenvalue weighted by Crippen LogP contribution is 2.23. The lowest BCUT2D eigenvalue weighted by atomic mass is 9.91. The van der Waals surface area contributed by atoms with Gasteiger partial charge in [0.1, 0.15) is 24.4 Å². The summed E-state index contributed by atoms with van der Waals surface area (Å²) in [5.74, 6) is -1.03. The van der Waals surface area contributed by atoms with Crippen molar-refractivity contribution >= 4 is 11.9 Å². The third kappa shape index (κ3) is 7.75. The number of amides is 1. The molecule has 0 bridgehead atoms. The van der Waals surface area contributed by atoms with Crippen LogP contribution in [0, 0.1) is 5.41 Å². The van der Waals surface area contributed by atoms with Gasteiger partial charge < -0.3 is 34.6 Å². The monoisotopic (exact) mass is 466 g/mol. The summed E-state index contributed by atoms with van der Waals surface area (Å²) in [5.41, 5.74) is -2.00. The maximum atomic E-state index is 13.2. The predicted molar refractivity (Wildman–Crippen MR) is 122 cm³/mol. The predicted octanol–water partition coefficient (Wildman–Crippen LogP) is 0.408. The van der Waals surface area contributed by atoms with Gasteiger partial charge in [0.2, 0.25) is 0 Å². The van der Waals surface area contributed by atoms with Gasteiger partial charge in [-0.05, 0) is 40.3 Å². The number of hydrogen-bond donors (Lipinski definition) is 3. The molecule has 1 aromatic rings. The second-order valence-electron chi connectivity index (χ2n) is 9.96. The third-order valence-corrected chi connectivity index (χ3v) is 5.71. The van der Waals surface area contributed by atoms with E-state index in [1.54, 1.807) is 25.7 Å². The molecule has 186 valence electrons. The van der Waals surface area contributed by atoms with Crippen LogP contribution in [-0.2, 0) is 25.7 Å². The normalized spacial score (nSPS) is 19.9. The highest BCUT2D eigenvalue weighted by molar-refractivity contribution is 5.82. The highest BCUT2D eigenvalue weighted by atomic mass is 16.5. The molecule has 1 amide bonds. The van der Waals surface area contributed by atoms with Gasteiger partial charge in [0.25, 0.3) is 5.91 Å². The zero-order valence-corrected chi connectivity index (χ0v) is 20.2. The first-order valence-corrected chi connectivity index (χ1v) is 11.2. The highest BCUT2D eigenvalue weighted by Gasteiger charge is 2.45. The fourth-order valence-electron chi connectivity index (χ4n) is 3.33. The SMILES string of the molecule is CN1CCN(C(=O)[C@H](OCc2ccccc2)[C@@H](O)[C@H](O)C(C)(O)COC(=O)C(C)(C)C)CC1. The van der Waals surface area contributed by atoms with E-state index in [2.05, 4.69) is 4.90 Å². The number of aliphatic hydroxyl groups excluding tert-OH is 2. The number of hydrogen-bond acceptors (Lipinski definition) is 8. The summed E-state index contributed by atoms with van der Waals surface area (Å²) in [6, 6.07) is 9.15. The number of esters is 1. The molecular weight excluding hydrogens is 428 g/mol. The van der Waals surface area contributed by atoms with Crippen LogP contribution in [0.15, 0.2) is 30.3 Å².